The lowest BCUT2D eigenvalue weighted by Crippen LogP contribution is -2.68. The Kier molecular flexibility index (Phi) is 8.46. The minimum absolute atomic E-state index is 0.0314. The zero-order valence-electron chi connectivity index (χ0n) is 20.0. The van der Waals surface area contributed by atoms with Gasteiger partial charge in [-0.1, -0.05) is 23.2 Å². The Balaban J connectivity index is 1.33. The van der Waals surface area contributed by atoms with E-state index in [9.17, 15) is 23.5 Å². The smallest absolute Gasteiger partial charge is 0.258 e. The maximum absolute atomic E-state index is 13.6. The predicted octanol–water partition coefficient (Wildman–Crippen LogP) is 4.42. The molecule has 0 aliphatic heterocycles. The summed E-state index contributed by atoms with van der Waals surface area (Å²) in [6, 6.07) is 7.92. The number of aliphatic hydroxyl groups is 1. The van der Waals surface area contributed by atoms with Crippen LogP contribution in [0.3, 0.4) is 0 Å². The van der Waals surface area contributed by atoms with Gasteiger partial charge < -0.3 is 25.2 Å². The first kappa shape index (κ1) is 27.4. The van der Waals surface area contributed by atoms with E-state index in [0.717, 1.165) is 12.1 Å². The quantitative estimate of drug-likeness (QED) is 0.402. The molecule has 5 rings (SSSR count). The van der Waals surface area contributed by atoms with Gasteiger partial charge in [0.2, 0.25) is 0 Å². The number of rotatable bonds is 10. The van der Waals surface area contributed by atoms with E-state index >= 15 is 0 Å². The predicted molar refractivity (Wildman–Crippen MR) is 134 cm³/mol. The Labute approximate surface area is 223 Å². The SMILES string of the molecule is O=C(COc1ccc(Cl)c(F)c1)NC12CCC(NC(=O)COc3ccc(Cl)c(F)c3)(CC1)C(CCO)C2. The number of hydrogen-bond donors (Lipinski definition) is 3. The van der Waals surface area contributed by atoms with E-state index in [4.69, 9.17) is 32.7 Å². The summed E-state index contributed by atoms with van der Waals surface area (Å²) < 4.78 is 38.1. The molecule has 3 N–H and O–H groups in total. The molecule has 0 spiro atoms. The Morgan fingerprint density at radius 1 is 0.892 bits per heavy atom. The number of carbonyl (C=O) groups excluding carboxylic acids is 2. The first-order valence-electron chi connectivity index (χ1n) is 12.0. The molecule has 2 aromatic rings. The molecule has 3 saturated carbocycles. The molecule has 3 aliphatic carbocycles. The Hall–Kier alpha value is -2.62. The lowest BCUT2D eigenvalue weighted by Gasteiger charge is -2.58. The number of ether oxygens (including phenoxy) is 2. The van der Waals surface area contributed by atoms with Gasteiger partial charge in [-0.3, -0.25) is 9.59 Å². The van der Waals surface area contributed by atoms with Crippen LogP contribution in [-0.2, 0) is 9.59 Å². The van der Waals surface area contributed by atoms with Gasteiger partial charge in [0.15, 0.2) is 13.2 Å². The van der Waals surface area contributed by atoms with Crippen LogP contribution in [0.4, 0.5) is 8.78 Å². The summed E-state index contributed by atoms with van der Waals surface area (Å²) in [6.45, 7) is -0.630. The minimum atomic E-state index is -0.634. The van der Waals surface area contributed by atoms with Crippen molar-refractivity contribution in [2.45, 2.75) is 49.6 Å². The molecule has 0 heterocycles. The number of carbonyl (C=O) groups is 2. The normalized spacial score (nSPS) is 24.4. The summed E-state index contributed by atoms with van der Waals surface area (Å²) in [5.74, 6) is -1.62. The van der Waals surface area contributed by atoms with Gasteiger partial charge >= 0.3 is 0 Å². The highest BCUT2D eigenvalue weighted by Gasteiger charge is 2.55. The van der Waals surface area contributed by atoms with Gasteiger partial charge in [0.1, 0.15) is 23.1 Å². The topological polar surface area (TPSA) is 96.9 Å². The first-order valence-corrected chi connectivity index (χ1v) is 12.8. The van der Waals surface area contributed by atoms with Crippen molar-refractivity contribution < 1.29 is 33.0 Å². The summed E-state index contributed by atoms with van der Waals surface area (Å²) in [5, 5.41) is 15.8. The van der Waals surface area contributed by atoms with Crippen LogP contribution in [0.15, 0.2) is 36.4 Å². The molecule has 2 aromatic carbocycles. The number of fused-ring (bicyclic) bond motifs is 3. The molecule has 0 radical (unpaired) electrons. The standard InChI is InChI=1S/C26H28Cl2F2N2O5/c27-19-3-1-17(11-21(19)29)36-14-23(34)31-25-6-8-26(9-7-25,16(13-25)5-10-33)32-24(35)15-37-18-2-4-20(28)22(30)12-18/h1-4,11-12,16,33H,5-10,13-15H2,(H,31,34)(H,32,35). The molecule has 0 saturated heterocycles. The van der Waals surface area contributed by atoms with Gasteiger partial charge in [-0.25, -0.2) is 8.78 Å². The fraction of sp³-hybridized carbons (Fsp3) is 0.462. The van der Waals surface area contributed by atoms with Gasteiger partial charge in [-0.2, -0.15) is 0 Å². The van der Waals surface area contributed by atoms with Crippen molar-refractivity contribution in [1.82, 2.24) is 10.6 Å². The molecule has 1 unspecified atom stereocenters. The Morgan fingerprint density at radius 3 is 1.89 bits per heavy atom. The molecule has 37 heavy (non-hydrogen) atoms. The first-order chi connectivity index (χ1) is 17.6. The van der Waals surface area contributed by atoms with Gasteiger partial charge in [-0.15, -0.1) is 0 Å². The third-order valence-corrected chi connectivity index (χ3v) is 7.92. The number of hydrogen-bond acceptors (Lipinski definition) is 5. The van der Waals surface area contributed by atoms with Crippen molar-refractivity contribution in [3.05, 3.63) is 58.1 Å². The van der Waals surface area contributed by atoms with Gasteiger partial charge in [-0.05, 0) is 68.7 Å². The Morgan fingerprint density at radius 2 is 1.41 bits per heavy atom. The third-order valence-electron chi connectivity index (χ3n) is 7.31. The number of nitrogens with one attached hydrogen (secondary N) is 2. The zero-order chi connectivity index (χ0) is 26.6. The monoisotopic (exact) mass is 556 g/mol. The van der Waals surface area contributed by atoms with Crippen LogP contribution in [0, 0.1) is 17.6 Å². The van der Waals surface area contributed by atoms with E-state index in [0.29, 0.717) is 38.5 Å². The fourth-order valence-electron chi connectivity index (χ4n) is 5.47. The zero-order valence-corrected chi connectivity index (χ0v) is 21.5. The molecule has 200 valence electrons. The van der Waals surface area contributed by atoms with E-state index in [2.05, 4.69) is 10.6 Å². The lowest BCUT2D eigenvalue weighted by molar-refractivity contribution is -0.133. The molecule has 0 aromatic heterocycles. The maximum atomic E-state index is 13.6. The molecular formula is C26H28Cl2F2N2O5. The Bertz CT molecular complexity index is 1160. The summed E-state index contributed by atoms with van der Waals surface area (Å²) >= 11 is 11.4. The number of amides is 2. The maximum Gasteiger partial charge on any atom is 0.258 e. The second kappa shape index (κ2) is 11.4. The molecule has 3 fully saturated rings. The van der Waals surface area contributed by atoms with Crippen LogP contribution < -0.4 is 20.1 Å². The van der Waals surface area contributed by atoms with Crippen LogP contribution in [0.5, 0.6) is 11.5 Å². The van der Waals surface area contributed by atoms with Crippen molar-refractivity contribution in [1.29, 1.82) is 0 Å². The largest absolute Gasteiger partial charge is 0.484 e. The highest BCUT2D eigenvalue weighted by atomic mass is 35.5. The molecule has 2 bridgehead atoms. The number of aliphatic hydroxyl groups excluding tert-OH is 1. The van der Waals surface area contributed by atoms with Gasteiger partial charge in [0.05, 0.1) is 10.0 Å². The highest BCUT2D eigenvalue weighted by Crippen LogP contribution is 2.51. The van der Waals surface area contributed by atoms with E-state index in [-0.39, 0.29) is 59.1 Å². The van der Waals surface area contributed by atoms with Crippen molar-refractivity contribution in [3.8, 4) is 11.5 Å². The molecular weight excluding hydrogens is 529 g/mol. The summed E-state index contributed by atoms with van der Waals surface area (Å²) in [6.07, 6.45) is 3.55. The highest BCUT2D eigenvalue weighted by molar-refractivity contribution is 6.31. The molecule has 11 heteroatoms. The number of benzene rings is 2. The molecule has 7 nitrogen and oxygen atoms in total. The third kappa shape index (κ3) is 6.45. The van der Waals surface area contributed by atoms with E-state index in [1.807, 2.05) is 0 Å². The van der Waals surface area contributed by atoms with E-state index in [1.165, 1.54) is 24.3 Å². The van der Waals surface area contributed by atoms with E-state index < -0.39 is 22.7 Å². The number of halogens is 4. The van der Waals surface area contributed by atoms with Crippen molar-refractivity contribution in [2.24, 2.45) is 5.92 Å². The molecule has 1 atom stereocenters. The van der Waals surface area contributed by atoms with Crippen molar-refractivity contribution in [2.75, 3.05) is 19.8 Å². The van der Waals surface area contributed by atoms with Gasteiger partial charge in [0, 0.05) is 29.8 Å². The van der Waals surface area contributed by atoms with E-state index in [1.54, 1.807) is 0 Å². The van der Waals surface area contributed by atoms with Gasteiger partial charge in [0.25, 0.3) is 11.8 Å². The summed E-state index contributed by atoms with van der Waals surface area (Å²) in [4.78, 5) is 25.4. The van der Waals surface area contributed by atoms with Crippen molar-refractivity contribution >= 4 is 35.0 Å². The van der Waals surface area contributed by atoms with Crippen LogP contribution >= 0.6 is 23.2 Å². The second-order valence-corrected chi connectivity index (χ2v) is 10.5. The minimum Gasteiger partial charge on any atom is -0.484 e. The summed E-state index contributed by atoms with van der Waals surface area (Å²) in [5.41, 5.74) is -1.01. The summed E-state index contributed by atoms with van der Waals surface area (Å²) in [7, 11) is 0. The average Bonchev–Trinajstić information content (AvgIpc) is 2.87. The average molecular weight is 557 g/mol. The van der Waals surface area contributed by atoms with Crippen LogP contribution in [0.2, 0.25) is 10.0 Å². The van der Waals surface area contributed by atoms with Crippen LogP contribution in [0.25, 0.3) is 0 Å². The van der Waals surface area contributed by atoms with Crippen LogP contribution in [-0.4, -0.2) is 47.8 Å². The second-order valence-electron chi connectivity index (χ2n) is 9.68. The fourth-order valence-corrected chi connectivity index (χ4v) is 5.70. The lowest BCUT2D eigenvalue weighted by atomic mass is 9.55. The van der Waals surface area contributed by atoms with Crippen molar-refractivity contribution in [3.63, 3.8) is 0 Å². The molecule has 2 amide bonds. The molecule has 3 aliphatic rings. The van der Waals surface area contributed by atoms with Crippen LogP contribution in [0.1, 0.15) is 38.5 Å².